The van der Waals surface area contributed by atoms with Crippen molar-refractivity contribution in [1.82, 2.24) is 10.1 Å². The van der Waals surface area contributed by atoms with Crippen LogP contribution in [0.2, 0.25) is 5.02 Å². The van der Waals surface area contributed by atoms with Crippen LogP contribution in [0.1, 0.15) is 0 Å². The molecule has 4 nitrogen and oxygen atoms in total. The summed E-state index contributed by atoms with van der Waals surface area (Å²) < 4.78 is 4.83. The first-order valence-electron chi connectivity index (χ1n) is 4.74. The number of rotatable bonds is 1. The average molecular weight is 234 g/mol. The molecule has 0 atom stereocenters. The maximum absolute atomic E-state index is 6.28. The average Bonchev–Trinajstić information content (AvgIpc) is 2.87. The second-order valence-corrected chi connectivity index (χ2v) is 3.86. The molecule has 3 N–H and O–H groups in total. The molecule has 1 aromatic carbocycles. The number of fused-ring (bicyclic) bond motifs is 1. The number of aromatic amines is 1. The number of anilines is 1. The summed E-state index contributed by atoms with van der Waals surface area (Å²) in [5.41, 5.74) is 7.93. The van der Waals surface area contributed by atoms with E-state index < -0.39 is 0 Å². The molecule has 0 unspecified atom stereocenters. The number of nitrogens with two attached hydrogens (primary N) is 1. The molecule has 5 heteroatoms. The number of hydrogen-bond acceptors (Lipinski definition) is 3. The number of aromatic nitrogens is 2. The number of nitrogens with one attached hydrogen (secondary N) is 1. The molecule has 0 radical (unpaired) electrons. The molecule has 16 heavy (non-hydrogen) atoms. The Morgan fingerprint density at radius 2 is 2.19 bits per heavy atom. The van der Waals surface area contributed by atoms with Gasteiger partial charge in [-0.05, 0) is 18.2 Å². The van der Waals surface area contributed by atoms with Crippen LogP contribution in [0, 0.1) is 0 Å². The van der Waals surface area contributed by atoms with Gasteiger partial charge in [0.1, 0.15) is 5.69 Å². The van der Waals surface area contributed by atoms with Crippen LogP contribution in [-0.4, -0.2) is 10.1 Å². The quantitative estimate of drug-likeness (QED) is 0.679. The lowest BCUT2D eigenvalue weighted by molar-refractivity contribution is 0.439. The lowest BCUT2D eigenvalue weighted by Crippen LogP contribution is -1.80. The van der Waals surface area contributed by atoms with Gasteiger partial charge in [-0.2, -0.15) is 0 Å². The molecule has 80 valence electrons. The molecule has 0 saturated carbocycles. The molecule has 2 aromatic heterocycles. The monoisotopic (exact) mass is 233 g/mol. The highest BCUT2D eigenvalue weighted by atomic mass is 35.5. The fourth-order valence-corrected chi connectivity index (χ4v) is 2.04. The molecule has 2 heterocycles. The van der Waals surface area contributed by atoms with E-state index >= 15 is 0 Å². The first-order valence-corrected chi connectivity index (χ1v) is 5.11. The Hall–Kier alpha value is -1.94. The normalized spacial score (nSPS) is 11.1. The highest BCUT2D eigenvalue weighted by Gasteiger charge is 2.11. The molecule has 3 rings (SSSR count). The number of halogens is 1. The van der Waals surface area contributed by atoms with Crippen molar-refractivity contribution in [1.29, 1.82) is 0 Å². The minimum atomic E-state index is 0.278. The van der Waals surface area contributed by atoms with Gasteiger partial charge in [-0.1, -0.05) is 16.8 Å². The van der Waals surface area contributed by atoms with Gasteiger partial charge < -0.3 is 15.2 Å². The second-order valence-electron chi connectivity index (χ2n) is 3.48. The van der Waals surface area contributed by atoms with E-state index in [1.807, 2.05) is 24.4 Å². The first kappa shape index (κ1) is 9.30. The van der Waals surface area contributed by atoms with E-state index in [1.165, 1.54) is 0 Å². The molecule has 0 saturated heterocycles. The van der Waals surface area contributed by atoms with Crippen molar-refractivity contribution in [3.05, 3.63) is 35.5 Å². The Morgan fingerprint density at radius 1 is 1.31 bits per heavy atom. The van der Waals surface area contributed by atoms with Crippen LogP contribution >= 0.6 is 11.6 Å². The zero-order valence-electron chi connectivity index (χ0n) is 8.20. The van der Waals surface area contributed by atoms with Crippen molar-refractivity contribution in [3.63, 3.8) is 0 Å². The summed E-state index contributed by atoms with van der Waals surface area (Å²) >= 11 is 6.28. The van der Waals surface area contributed by atoms with Gasteiger partial charge in [0.15, 0.2) is 0 Å². The standard InChI is InChI=1S/C11H8ClN3O/c12-11-6(9-5-10(13)16-15-9)1-2-8-7(11)3-4-14-8/h1-5,14H,13H2. The Bertz CT molecular complexity index is 656. The van der Waals surface area contributed by atoms with Crippen molar-refractivity contribution in [2.45, 2.75) is 0 Å². The summed E-state index contributed by atoms with van der Waals surface area (Å²) in [5, 5.41) is 5.45. The third-order valence-electron chi connectivity index (χ3n) is 2.47. The molecule has 3 aromatic rings. The van der Waals surface area contributed by atoms with E-state index in [0.29, 0.717) is 10.7 Å². The van der Waals surface area contributed by atoms with Gasteiger partial charge in [0.05, 0.1) is 5.02 Å². The van der Waals surface area contributed by atoms with Crippen molar-refractivity contribution in [3.8, 4) is 11.3 Å². The zero-order valence-corrected chi connectivity index (χ0v) is 8.95. The molecule has 0 fully saturated rings. The Kier molecular flexibility index (Phi) is 1.91. The second kappa shape index (κ2) is 3.28. The molecule has 0 aliphatic heterocycles. The predicted molar refractivity (Wildman–Crippen MR) is 63.2 cm³/mol. The van der Waals surface area contributed by atoms with Crippen molar-refractivity contribution < 1.29 is 4.52 Å². The maximum atomic E-state index is 6.28. The topological polar surface area (TPSA) is 67.8 Å². The molecular weight excluding hydrogens is 226 g/mol. The minimum absolute atomic E-state index is 0.278. The molecule has 0 spiro atoms. The van der Waals surface area contributed by atoms with Crippen LogP contribution in [0.5, 0.6) is 0 Å². The van der Waals surface area contributed by atoms with Crippen LogP contribution in [0.4, 0.5) is 5.88 Å². The Balaban J connectivity index is 2.27. The fraction of sp³-hybridized carbons (Fsp3) is 0. The largest absolute Gasteiger partial charge is 0.368 e. The van der Waals surface area contributed by atoms with Crippen LogP contribution in [0.25, 0.3) is 22.2 Å². The van der Waals surface area contributed by atoms with Crippen LogP contribution < -0.4 is 5.73 Å². The number of hydrogen-bond donors (Lipinski definition) is 2. The summed E-state index contributed by atoms with van der Waals surface area (Å²) in [5.74, 6) is 0.278. The van der Waals surface area contributed by atoms with Gasteiger partial charge in [0, 0.05) is 28.7 Å². The fourth-order valence-electron chi connectivity index (χ4n) is 1.71. The lowest BCUT2D eigenvalue weighted by atomic mass is 10.1. The summed E-state index contributed by atoms with van der Waals surface area (Å²) in [4.78, 5) is 3.09. The number of nitrogens with zero attached hydrogens (tertiary/aromatic N) is 1. The summed E-state index contributed by atoms with van der Waals surface area (Å²) in [6.45, 7) is 0. The van der Waals surface area contributed by atoms with Crippen molar-refractivity contribution in [2.24, 2.45) is 0 Å². The Morgan fingerprint density at radius 3 is 2.94 bits per heavy atom. The molecule has 0 aliphatic rings. The smallest absolute Gasteiger partial charge is 0.222 e. The van der Waals surface area contributed by atoms with E-state index in [0.717, 1.165) is 16.5 Å². The van der Waals surface area contributed by atoms with Crippen LogP contribution in [0.3, 0.4) is 0 Å². The summed E-state index contributed by atoms with van der Waals surface area (Å²) in [6, 6.07) is 7.41. The van der Waals surface area contributed by atoms with E-state index in [-0.39, 0.29) is 5.88 Å². The maximum Gasteiger partial charge on any atom is 0.222 e. The molecular formula is C11H8ClN3O. The number of H-pyrrole nitrogens is 1. The van der Waals surface area contributed by atoms with Gasteiger partial charge in [0.2, 0.25) is 5.88 Å². The van der Waals surface area contributed by atoms with Gasteiger partial charge in [-0.3, -0.25) is 0 Å². The van der Waals surface area contributed by atoms with Gasteiger partial charge in [-0.15, -0.1) is 0 Å². The SMILES string of the molecule is Nc1cc(-c2ccc3[nH]ccc3c2Cl)no1. The van der Waals surface area contributed by atoms with Gasteiger partial charge >= 0.3 is 0 Å². The molecule has 0 amide bonds. The van der Waals surface area contributed by atoms with Gasteiger partial charge in [0.25, 0.3) is 0 Å². The van der Waals surface area contributed by atoms with E-state index in [2.05, 4.69) is 10.1 Å². The Labute approximate surface area is 96.0 Å². The third-order valence-corrected chi connectivity index (χ3v) is 2.88. The summed E-state index contributed by atoms with van der Waals surface area (Å²) in [6.07, 6.45) is 1.84. The van der Waals surface area contributed by atoms with Crippen LogP contribution in [0.15, 0.2) is 35.0 Å². The molecule has 0 bridgehead atoms. The minimum Gasteiger partial charge on any atom is -0.368 e. The number of benzene rings is 1. The van der Waals surface area contributed by atoms with E-state index in [4.69, 9.17) is 21.9 Å². The van der Waals surface area contributed by atoms with Gasteiger partial charge in [-0.25, -0.2) is 0 Å². The van der Waals surface area contributed by atoms with Crippen LogP contribution in [-0.2, 0) is 0 Å². The third kappa shape index (κ3) is 1.27. The van der Waals surface area contributed by atoms with E-state index in [9.17, 15) is 0 Å². The lowest BCUT2D eigenvalue weighted by Gasteiger charge is -2.00. The predicted octanol–water partition coefficient (Wildman–Crippen LogP) is 3.06. The first-order chi connectivity index (χ1) is 7.75. The molecule has 0 aliphatic carbocycles. The number of nitrogen functional groups attached to an aromatic ring is 1. The summed E-state index contributed by atoms with van der Waals surface area (Å²) in [7, 11) is 0. The zero-order chi connectivity index (χ0) is 11.1. The highest BCUT2D eigenvalue weighted by molar-refractivity contribution is 6.38. The van der Waals surface area contributed by atoms with Crippen molar-refractivity contribution in [2.75, 3.05) is 5.73 Å². The van der Waals surface area contributed by atoms with Crippen molar-refractivity contribution >= 4 is 28.4 Å². The van der Waals surface area contributed by atoms with E-state index in [1.54, 1.807) is 6.07 Å². The highest BCUT2D eigenvalue weighted by Crippen LogP contribution is 2.33.